The van der Waals surface area contributed by atoms with E-state index in [0.29, 0.717) is 30.0 Å². The number of benzene rings is 1. The van der Waals surface area contributed by atoms with Gasteiger partial charge in [0, 0.05) is 11.4 Å². The van der Waals surface area contributed by atoms with Gasteiger partial charge in [0.05, 0.1) is 10.7 Å². The number of carbonyl (C=O) groups excluding carboxylic acids is 1. The van der Waals surface area contributed by atoms with Crippen LogP contribution in [0.25, 0.3) is 0 Å². The monoisotopic (exact) mass is 287 g/mol. The van der Waals surface area contributed by atoms with Crippen molar-refractivity contribution in [2.75, 3.05) is 4.90 Å². The average Bonchev–Trinajstić information content (AvgIpc) is 2.29. The third-order valence-corrected chi connectivity index (χ3v) is 3.44. The van der Waals surface area contributed by atoms with Crippen LogP contribution >= 0.6 is 23.2 Å². The Labute approximate surface area is 114 Å². The zero-order chi connectivity index (χ0) is 13.3. The Kier molecular flexibility index (Phi) is 3.78. The highest BCUT2D eigenvalue weighted by Gasteiger charge is 2.35. The van der Waals surface area contributed by atoms with Gasteiger partial charge in [-0.3, -0.25) is 9.69 Å². The zero-order valence-corrected chi connectivity index (χ0v) is 10.9. The Morgan fingerprint density at radius 3 is 2.72 bits per heavy atom. The first kappa shape index (κ1) is 13.2. The molecule has 1 aliphatic heterocycles. The number of carboxylic acid groups (broad SMARTS) is 1. The molecule has 0 spiro atoms. The quantitative estimate of drug-likeness (QED) is 0.910. The van der Waals surface area contributed by atoms with Crippen molar-refractivity contribution in [1.29, 1.82) is 0 Å². The summed E-state index contributed by atoms with van der Waals surface area (Å²) in [6.45, 7) is 0. The van der Waals surface area contributed by atoms with Crippen LogP contribution in [-0.4, -0.2) is 23.0 Å². The summed E-state index contributed by atoms with van der Waals surface area (Å²) in [6, 6.07) is 3.80. The van der Waals surface area contributed by atoms with Gasteiger partial charge in [0.15, 0.2) is 0 Å². The molecule has 6 heteroatoms. The van der Waals surface area contributed by atoms with Crippen LogP contribution in [0.1, 0.15) is 19.3 Å². The number of halogens is 2. The van der Waals surface area contributed by atoms with E-state index in [-0.39, 0.29) is 10.9 Å². The first-order chi connectivity index (χ1) is 8.50. The third kappa shape index (κ3) is 2.44. The number of hydrogen-bond donors (Lipinski definition) is 1. The van der Waals surface area contributed by atoms with Crippen LogP contribution in [0.3, 0.4) is 0 Å². The molecule has 2 rings (SSSR count). The summed E-state index contributed by atoms with van der Waals surface area (Å²) in [5.41, 5.74) is 0.401. The summed E-state index contributed by atoms with van der Waals surface area (Å²) in [5.74, 6) is -1.24. The van der Waals surface area contributed by atoms with E-state index in [1.54, 1.807) is 12.1 Å². The lowest BCUT2D eigenvalue weighted by Gasteiger charge is -2.33. The van der Waals surface area contributed by atoms with E-state index in [1.807, 2.05) is 0 Å². The summed E-state index contributed by atoms with van der Waals surface area (Å²) >= 11 is 11.8. The van der Waals surface area contributed by atoms with Gasteiger partial charge in [-0.1, -0.05) is 23.2 Å². The minimum absolute atomic E-state index is 0.224. The maximum absolute atomic E-state index is 11.9. The van der Waals surface area contributed by atoms with Crippen molar-refractivity contribution in [3.63, 3.8) is 0 Å². The van der Waals surface area contributed by atoms with E-state index < -0.39 is 12.0 Å². The Balaban J connectivity index is 2.43. The second-order valence-corrected chi connectivity index (χ2v) is 4.95. The molecular formula is C12H11Cl2NO3. The molecule has 1 atom stereocenters. The summed E-state index contributed by atoms with van der Waals surface area (Å²) in [5, 5.41) is 9.90. The number of nitrogens with zero attached hydrogens (tertiary/aromatic N) is 1. The number of amides is 1. The molecular weight excluding hydrogens is 277 g/mol. The summed E-state index contributed by atoms with van der Waals surface area (Å²) in [7, 11) is 0. The van der Waals surface area contributed by atoms with Crippen molar-refractivity contribution >= 4 is 40.8 Å². The zero-order valence-electron chi connectivity index (χ0n) is 9.40. The normalized spacial score (nSPS) is 20.0. The molecule has 0 saturated carbocycles. The SMILES string of the molecule is O=C(O)C1CCCC(=O)N1c1ccc(Cl)cc1Cl. The van der Waals surface area contributed by atoms with Crippen LogP contribution in [0.2, 0.25) is 10.0 Å². The third-order valence-electron chi connectivity index (χ3n) is 2.90. The number of anilines is 1. The molecule has 0 aromatic heterocycles. The molecule has 1 saturated heterocycles. The highest BCUT2D eigenvalue weighted by Crippen LogP contribution is 2.33. The van der Waals surface area contributed by atoms with E-state index in [1.165, 1.54) is 11.0 Å². The first-order valence-corrected chi connectivity index (χ1v) is 6.26. The molecule has 1 heterocycles. The Bertz CT molecular complexity index is 504. The van der Waals surface area contributed by atoms with Crippen LogP contribution in [0.4, 0.5) is 5.69 Å². The summed E-state index contributed by atoms with van der Waals surface area (Å²) in [6.07, 6.45) is 1.35. The molecule has 96 valence electrons. The molecule has 1 aromatic rings. The van der Waals surface area contributed by atoms with Crippen molar-refractivity contribution in [3.8, 4) is 0 Å². The fourth-order valence-electron chi connectivity index (χ4n) is 2.08. The van der Waals surface area contributed by atoms with E-state index in [4.69, 9.17) is 23.2 Å². The number of carbonyl (C=O) groups is 2. The number of hydrogen-bond acceptors (Lipinski definition) is 2. The van der Waals surface area contributed by atoms with Crippen molar-refractivity contribution in [2.24, 2.45) is 0 Å². The molecule has 0 aliphatic carbocycles. The standard InChI is InChI=1S/C12H11Cl2NO3/c13-7-4-5-9(8(14)6-7)15-10(12(17)18)2-1-3-11(15)16/h4-6,10H,1-3H2,(H,17,18). The Hall–Kier alpha value is -1.26. The molecule has 1 N–H and O–H groups in total. The average molecular weight is 288 g/mol. The van der Waals surface area contributed by atoms with Gasteiger partial charge in [-0.05, 0) is 31.0 Å². The predicted molar refractivity (Wildman–Crippen MR) is 69.2 cm³/mol. The smallest absolute Gasteiger partial charge is 0.326 e. The molecule has 1 fully saturated rings. The maximum Gasteiger partial charge on any atom is 0.326 e. The second-order valence-electron chi connectivity index (χ2n) is 4.11. The van der Waals surface area contributed by atoms with Gasteiger partial charge < -0.3 is 5.11 Å². The second kappa shape index (κ2) is 5.16. The molecule has 18 heavy (non-hydrogen) atoms. The lowest BCUT2D eigenvalue weighted by molar-refractivity contribution is -0.141. The molecule has 0 radical (unpaired) electrons. The molecule has 1 amide bonds. The van der Waals surface area contributed by atoms with E-state index >= 15 is 0 Å². The molecule has 1 aliphatic rings. The lowest BCUT2D eigenvalue weighted by atomic mass is 10.0. The van der Waals surface area contributed by atoms with Gasteiger partial charge >= 0.3 is 5.97 Å². The molecule has 4 nitrogen and oxygen atoms in total. The number of piperidine rings is 1. The molecule has 1 unspecified atom stereocenters. The fraction of sp³-hybridized carbons (Fsp3) is 0.333. The number of aliphatic carboxylic acids is 1. The van der Waals surface area contributed by atoms with Crippen LogP contribution in [0.5, 0.6) is 0 Å². The molecule has 1 aromatic carbocycles. The van der Waals surface area contributed by atoms with Gasteiger partial charge in [0.25, 0.3) is 0 Å². The lowest BCUT2D eigenvalue weighted by Crippen LogP contribution is -2.48. The van der Waals surface area contributed by atoms with Crippen LogP contribution in [0, 0.1) is 0 Å². The first-order valence-electron chi connectivity index (χ1n) is 5.50. The number of carboxylic acids is 1. The van der Waals surface area contributed by atoms with Gasteiger partial charge in [0.1, 0.15) is 6.04 Å². The minimum atomic E-state index is -1.02. The van der Waals surface area contributed by atoms with Gasteiger partial charge in [-0.15, -0.1) is 0 Å². The number of rotatable bonds is 2. The van der Waals surface area contributed by atoms with Crippen molar-refractivity contribution in [2.45, 2.75) is 25.3 Å². The van der Waals surface area contributed by atoms with Crippen molar-refractivity contribution < 1.29 is 14.7 Å². The predicted octanol–water partition coefficient (Wildman–Crippen LogP) is 2.96. The van der Waals surface area contributed by atoms with Crippen LogP contribution < -0.4 is 4.90 Å². The van der Waals surface area contributed by atoms with Crippen LogP contribution in [0.15, 0.2) is 18.2 Å². The summed E-state index contributed by atoms with van der Waals surface area (Å²) in [4.78, 5) is 24.4. The topological polar surface area (TPSA) is 57.6 Å². The van der Waals surface area contributed by atoms with Gasteiger partial charge in [-0.25, -0.2) is 4.79 Å². The largest absolute Gasteiger partial charge is 0.480 e. The van der Waals surface area contributed by atoms with Gasteiger partial charge in [0.2, 0.25) is 5.91 Å². The Morgan fingerprint density at radius 1 is 1.39 bits per heavy atom. The van der Waals surface area contributed by atoms with E-state index in [9.17, 15) is 14.7 Å². The Morgan fingerprint density at radius 2 is 2.11 bits per heavy atom. The van der Waals surface area contributed by atoms with Crippen molar-refractivity contribution in [1.82, 2.24) is 0 Å². The minimum Gasteiger partial charge on any atom is -0.480 e. The van der Waals surface area contributed by atoms with Gasteiger partial charge in [-0.2, -0.15) is 0 Å². The van der Waals surface area contributed by atoms with Crippen molar-refractivity contribution in [3.05, 3.63) is 28.2 Å². The van der Waals surface area contributed by atoms with Crippen LogP contribution in [-0.2, 0) is 9.59 Å². The maximum atomic E-state index is 11.9. The highest BCUT2D eigenvalue weighted by molar-refractivity contribution is 6.36. The highest BCUT2D eigenvalue weighted by atomic mass is 35.5. The van der Waals surface area contributed by atoms with E-state index in [0.717, 1.165) is 0 Å². The fourth-order valence-corrected chi connectivity index (χ4v) is 2.58. The van der Waals surface area contributed by atoms with E-state index in [2.05, 4.69) is 0 Å². The summed E-state index contributed by atoms with van der Waals surface area (Å²) < 4.78 is 0. The molecule has 0 bridgehead atoms.